The second kappa shape index (κ2) is 9.00. The zero-order chi connectivity index (χ0) is 22.9. The summed E-state index contributed by atoms with van der Waals surface area (Å²) >= 11 is 1.08. The maximum Gasteiger partial charge on any atom is 0.284 e. The summed E-state index contributed by atoms with van der Waals surface area (Å²) in [7, 11) is -2.01. The van der Waals surface area contributed by atoms with Gasteiger partial charge < -0.3 is 4.57 Å². The van der Waals surface area contributed by atoms with Gasteiger partial charge in [-0.15, -0.1) is 10.2 Å². The van der Waals surface area contributed by atoms with Crippen molar-refractivity contribution >= 4 is 27.5 Å². The Kier molecular flexibility index (Phi) is 6.31. The molecule has 3 aromatic rings. The lowest BCUT2D eigenvalue weighted by atomic mass is 10.0. The summed E-state index contributed by atoms with van der Waals surface area (Å²) in [4.78, 5) is 11.4. The Morgan fingerprint density at radius 2 is 1.91 bits per heavy atom. The number of aromatic nitrogens is 3. The van der Waals surface area contributed by atoms with E-state index in [9.17, 15) is 18.5 Å². The number of hydrogen-bond acceptors (Lipinski definition) is 7. The largest absolute Gasteiger partial charge is 0.305 e. The highest BCUT2D eigenvalue weighted by molar-refractivity contribution is 7.99. The van der Waals surface area contributed by atoms with Gasteiger partial charge >= 0.3 is 0 Å². The van der Waals surface area contributed by atoms with Crippen molar-refractivity contribution in [3.63, 3.8) is 0 Å². The first-order chi connectivity index (χ1) is 15.3. The van der Waals surface area contributed by atoms with Crippen molar-refractivity contribution in [2.75, 3.05) is 13.1 Å². The molecule has 32 heavy (non-hydrogen) atoms. The van der Waals surface area contributed by atoms with Crippen LogP contribution in [0.15, 0.2) is 63.5 Å². The fourth-order valence-electron chi connectivity index (χ4n) is 3.74. The molecule has 0 bridgehead atoms. The van der Waals surface area contributed by atoms with E-state index in [0.717, 1.165) is 36.2 Å². The zero-order valence-corrected chi connectivity index (χ0v) is 19.3. The summed E-state index contributed by atoms with van der Waals surface area (Å²) < 4.78 is 29.3. The molecule has 1 aliphatic rings. The second-order valence-electron chi connectivity index (χ2n) is 7.83. The summed E-state index contributed by atoms with van der Waals surface area (Å²) in [6.45, 7) is 2.86. The first kappa shape index (κ1) is 22.4. The second-order valence-corrected chi connectivity index (χ2v) is 10.8. The van der Waals surface area contributed by atoms with Crippen molar-refractivity contribution in [2.24, 2.45) is 13.0 Å². The number of hydrogen-bond donors (Lipinski definition) is 0. The molecule has 2 heterocycles. The van der Waals surface area contributed by atoms with Crippen LogP contribution in [0, 0.1) is 16.0 Å². The van der Waals surface area contributed by atoms with Crippen LogP contribution < -0.4 is 0 Å². The van der Waals surface area contributed by atoms with E-state index in [1.54, 1.807) is 11.6 Å². The van der Waals surface area contributed by atoms with Gasteiger partial charge in [-0.1, -0.05) is 37.3 Å². The molecular formula is C21H23N5O4S2. The third-order valence-electron chi connectivity index (χ3n) is 5.45. The average Bonchev–Trinajstić information content (AvgIpc) is 3.14. The minimum absolute atomic E-state index is 0.0643. The average molecular weight is 474 g/mol. The molecule has 0 saturated carbocycles. The van der Waals surface area contributed by atoms with Crippen LogP contribution in [-0.2, 0) is 17.1 Å². The first-order valence-corrected chi connectivity index (χ1v) is 12.4. The van der Waals surface area contributed by atoms with Crippen molar-refractivity contribution in [1.82, 2.24) is 19.1 Å². The first-order valence-electron chi connectivity index (χ1n) is 10.2. The van der Waals surface area contributed by atoms with Crippen LogP contribution in [0.1, 0.15) is 19.8 Å². The van der Waals surface area contributed by atoms with Gasteiger partial charge in [0.15, 0.2) is 11.0 Å². The van der Waals surface area contributed by atoms with Gasteiger partial charge in [-0.3, -0.25) is 10.1 Å². The number of piperidine rings is 1. The molecule has 1 saturated heterocycles. The van der Waals surface area contributed by atoms with Gasteiger partial charge in [-0.25, -0.2) is 8.42 Å². The van der Waals surface area contributed by atoms with E-state index in [0.29, 0.717) is 29.0 Å². The summed E-state index contributed by atoms with van der Waals surface area (Å²) in [6, 6.07) is 13.5. The van der Waals surface area contributed by atoms with Crippen molar-refractivity contribution in [1.29, 1.82) is 0 Å². The Labute approximate surface area is 190 Å². The van der Waals surface area contributed by atoms with Crippen LogP contribution in [-0.4, -0.2) is 45.5 Å². The summed E-state index contributed by atoms with van der Waals surface area (Å²) in [5.41, 5.74) is 0.603. The summed E-state index contributed by atoms with van der Waals surface area (Å²) in [5.74, 6) is 0.896. The minimum atomic E-state index is -3.79. The smallest absolute Gasteiger partial charge is 0.284 e. The topological polar surface area (TPSA) is 111 Å². The summed E-state index contributed by atoms with van der Waals surface area (Å²) in [5, 5.41) is 20.6. The van der Waals surface area contributed by atoms with E-state index >= 15 is 0 Å². The third-order valence-corrected chi connectivity index (χ3v) is 8.42. The number of benzene rings is 2. The highest BCUT2D eigenvalue weighted by Crippen LogP contribution is 2.37. The monoisotopic (exact) mass is 473 g/mol. The molecule has 1 unspecified atom stereocenters. The Bertz CT molecular complexity index is 1240. The normalized spacial score (nSPS) is 17.4. The zero-order valence-electron chi connectivity index (χ0n) is 17.7. The maximum atomic E-state index is 13.1. The Morgan fingerprint density at radius 1 is 1.16 bits per heavy atom. The number of rotatable bonds is 6. The molecule has 0 N–H and O–H groups in total. The molecule has 9 nitrogen and oxygen atoms in total. The molecule has 1 atom stereocenters. The van der Waals surface area contributed by atoms with E-state index in [-0.39, 0.29) is 16.5 Å². The number of nitro benzene ring substituents is 1. The van der Waals surface area contributed by atoms with Gasteiger partial charge in [0.1, 0.15) is 0 Å². The van der Waals surface area contributed by atoms with Crippen LogP contribution in [0.2, 0.25) is 0 Å². The molecule has 0 amide bonds. The highest BCUT2D eigenvalue weighted by Gasteiger charge is 2.31. The molecular weight excluding hydrogens is 450 g/mol. The van der Waals surface area contributed by atoms with E-state index in [2.05, 4.69) is 10.2 Å². The predicted molar refractivity (Wildman–Crippen MR) is 121 cm³/mol. The van der Waals surface area contributed by atoms with Gasteiger partial charge in [-0.2, -0.15) is 4.31 Å². The van der Waals surface area contributed by atoms with Crippen LogP contribution in [0.25, 0.3) is 11.4 Å². The Morgan fingerprint density at radius 3 is 2.59 bits per heavy atom. The fraction of sp³-hybridized carbons (Fsp3) is 0.333. The van der Waals surface area contributed by atoms with Crippen LogP contribution in [0.5, 0.6) is 0 Å². The molecule has 1 aromatic heterocycles. The van der Waals surface area contributed by atoms with Gasteiger partial charge in [0.2, 0.25) is 10.0 Å². The van der Waals surface area contributed by atoms with Crippen molar-refractivity contribution in [2.45, 2.75) is 34.7 Å². The van der Waals surface area contributed by atoms with Gasteiger partial charge in [0.25, 0.3) is 5.69 Å². The van der Waals surface area contributed by atoms with Crippen molar-refractivity contribution < 1.29 is 13.3 Å². The van der Waals surface area contributed by atoms with E-state index < -0.39 is 14.9 Å². The highest BCUT2D eigenvalue weighted by atomic mass is 32.2. The predicted octanol–water partition coefficient (Wildman–Crippen LogP) is 3.96. The van der Waals surface area contributed by atoms with E-state index in [4.69, 9.17) is 0 Å². The molecule has 4 rings (SSSR count). The van der Waals surface area contributed by atoms with Crippen LogP contribution >= 0.6 is 11.8 Å². The van der Waals surface area contributed by atoms with Crippen LogP contribution in [0.3, 0.4) is 0 Å². The fourth-order valence-corrected chi connectivity index (χ4v) is 6.24. The van der Waals surface area contributed by atoms with Crippen molar-refractivity contribution in [3.8, 4) is 11.4 Å². The van der Waals surface area contributed by atoms with Gasteiger partial charge in [0.05, 0.1) is 14.7 Å². The van der Waals surface area contributed by atoms with E-state index in [1.807, 2.05) is 37.3 Å². The third kappa shape index (κ3) is 4.41. The quantitative estimate of drug-likeness (QED) is 0.393. The van der Waals surface area contributed by atoms with E-state index in [1.165, 1.54) is 16.4 Å². The number of nitrogens with zero attached hydrogens (tertiary/aromatic N) is 5. The Hall–Kier alpha value is -2.76. The lowest BCUT2D eigenvalue weighted by molar-refractivity contribution is -0.388. The molecule has 168 valence electrons. The number of sulfonamides is 1. The molecule has 11 heteroatoms. The summed E-state index contributed by atoms with van der Waals surface area (Å²) in [6.07, 6.45) is 1.76. The van der Waals surface area contributed by atoms with Gasteiger partial charge in [0, 0.05) is 31.8 Å². The molecule has 0 aliphatic carbocycles. The number of nitro groups is 1. The minimum Gasteiger partial charge on any atom is -0.305 e. The molecule has 1 fully saturated rings. The molecule has 0 radical (unpaired) electrons. The lowest BCUT2D eigenvalue weighted by Crippen LogP contribution is -2.39. The molecule has 0 spiro atoms. The van der Waals surface area contributed by atoms with Gasteiger partial charge in [-0.05, 0) is 42.7 Å². The lowest BCUT2D eigenvalue weighted by Gasteiger charge is -2.30. The standard InChI is InChI=1S/C21H23N5O4S2/c1-15-7-6-12-25(14-15)32(29,30)17-10-11-19(18(13-17)26(27)28)31-21-23-22-20(24(21)2)16-8-4-3-5-9-16/h3-5,8-11,13,15H,6-7,12,14H2,1-2H3. The van der Waals surface area contributed by atoms with Crippen LogP contribution in [0.4, 0.5) is 5.69 Å². The molecule has 1 aliphatic heterocycles. The maximum absolute atomic E-state index is 13.1. The molecule has 2 aromatic carbocycles. The SMILES string of the molecule is CC1CCCN(S(=O)(=O)c2ccc(Sc3nnc(-c4ccccc4)n3C)c([N+](=O)[O-])c2)C1. The van der Waals surface area contributed by atoms with Crippen molar-refractivity contribution in [3.05, 3.63) is 58.6 Å². The Balaban J connectivity index is 1.65.